The Morgan fingerprint density at radius 1 is 1.11 bits per heavy atom. The number of hydrogen-bond acceptors (Lipinski definition) is 1. The van der Waals surface area contributed by atoms with Gasteiger partial charge in [0.05, 0.1) is 6.10 Å². The molecule has 2 rings (SSSR count). The zero-order valence-electron chi connectivity index (χ0n) is 12.1. The third-order valence-electron chi connectivity index (χ3n) is 4.45. The fourth-order valence-corrected chi connectivity index (χ4v) is 2.85. The summed E-state index contributed by atoms with van der Waals surface area (Å²) in [7, 11) is 0. The molecule has 1 unspecified atom stereocenters. The molecule has 1 atom stereocenters. The van der Waals surface area contributed by atoms with Crippen molar-refractivity contribution in [2.45, 2.75) is 59.5 Å². The molecule has 1 heterocycles. The Morgan fingerprint density at radius 2 is 1.78 bits per heavy atom. The minimum Gasteiger partial charge on any atom is -0.490 e. The van der Waals surface area contributed by atoms with Gasteiger partial charge in [-0.2, -0.15) is 0 Å². The zero-order valence-corrected chi connectivity index (χ0v) is 12.1. The number of benzene rings is 1. The summed E-state index contributed by atoms with van der Waals surface area (Å²) in [5, 5.41) is 0. The van der Waals surface area contributed by atoms with E-state index in [1.54, 1.807) is 0 Å². The SMILES string of the molecule is C=CCCC1CCc2c(C)c(C)c(C)c(C)c2O1. The lowest BCUT2D eigenvalue weighted by molar-refractivity contribution is 0.163. The molecule has 0 aliphatic carbocycles. The van der Waals surface area contributed by atoms with E-state index in [0.717, 1.165) is 31.4 Å². The van der Waals surface area contributed by atoms with Crippen molar-refractivity contribution in [3.05, 3.63) is 40.5 Å². The largest absolute Gasteiger partial charge is 0.490 e. The normalized spacial score (nSPS) is 18.1. The Balaban J connectivity index is 2.35. The van der Waals surface area contributed by atoms with Gasteiger partial charge in [0.15, 0.2) is 0 Å². The Morgan fingerprint density at radius 3 is 2.44 bits per heavy atom. The van der Waals surface area contributed by atoms with Crippen LogP contribution in [0.25, 0.3) is 0 Å². The van der Waals surface area contributed by atoms with Gasteiger partial charge in [-0.05, 0) is 81.2 Å². The standard InChI is InChI=1S/C17H24O/c1-6-7-8-15-9-10-16-13(4)11(2)12(3)14(5)17(16)18-15/h6,15H,1,7-10H2,2-5H3. The number of rotatable bonds is 3. The van der Waals surface area contributed by atoms with Crippen molar-refractivity contribution in [3.8, 4) is 5.75 Å². The molecule has 1 aliphatic rings. The van der Waals surface area contributed by atoms with Gasteiger partial charge in [0.25, 0.3) is 0 Å². The third kappa shape index (κ3) is 2.19. The van der Waals surface area contributed by atoms with Gasteiger partial charge >= 0.3 is 0 Å². The number of allylic oxidation sites excluding steroid dienone is 1. The summed E-state index contributed by atoms with van der Waals surface area (Å²) < 4.78 is 6.23. The molecule has 0 fully saturated rings. The molecule has 98 valence electrons. The van der Waals surface area contributed by atoms with Crippen LogP contribution in [0.1, 0.15) is 47.1 Å². The molecule has 0 spiro atoms. The maximum absolute atomic E-state index is 6.23. The predicted molar refractivity (Wildman–Crippen MR) is 77.6 cm³/mol. The Hall–Kier alpha value is -1.24. The smallest absolute Gasteiger partial charge is 0.126 e. The van der Waals surface area contributed by atoms with Crippen molar-refractivity contribution in [2.75, 3.05) is 0 Å². The molecule has 1 heteroatoms. The average molecular weight is 244 g/mol. The first-order chi connectivity index (χ1) is 8.56. The molecule has 1 aliphatic heterocycles. The fourth-order valence-electron chi connectivity index (χ4n) is 2.85. The number of fused-ring (bicyclic) bond motifs is 1. The summed E-state index contributed by atoms with van der Waals surface area (Å²) in [5.74, 6) is 1.16. The molecular weight excluding hydrogens is 220 g/mol. The van der Waals surface area contributed by atoms with Crippen LogP contribution in [0.2, 0.25) is 0 Å². The Labute approximate surface area is 111 Å². The average Bonchev–Trinajstić information content (AvgIpc) is 2.40. The summed E-state index contributed by atoms with van der Waals surface area (Å²) in [6.45, 7) is 12.6. The number of hydrogen-bond donors (Lipinski definition) is 0. The lowest BCUT2D eigenvalue weighted by atomic mass is 9.88. The summed E-state index contributed by atoms with van der Waals surface area (Å²) in [5.41, 5.74) is 7.01. The van der Waals surface area contributed by atoms with E-state index < -0.39 is 0 Å². The van der Waals surface area contributed by atoms with Crippen molar-refractivity contribution in [2.24, 2.45) is 0 Å². The summed E-state index contributed by atoms with van der Waals surface area (Å²) in [6.07, 6.45) is 6.79. The van der Waals surface area contributed by atoms with Crippen molar-refractivity contribution < 1.29 is 4.74 Å². The maximum Gasteiger partial charge on any atom is 0.126 e. The second-order valence-electron chi connectivity index (χ2n) is 5.45. The van der Waals surface area contributed by atoms with E-state index in [1.807, 2.05) is 6.08 Å². The fraction of sp³-hybridized carbons (Fsp3) is 0.529. The lowest BCUT2D eigenvalue weighted by Crippen LogP contribution is -2.24. The van der Waals surface area contributed by atoms with Crippen LogP contribution < -0.4 is 4.74 Å². The van der Waals surface area contributed by atoms with Crippen LogP contribution in [0.5, 0.6) is 5.75 Å². The minimum atomic E-state index is 0.371. The molecule has 1 aromatic rings. The topological polar surface area (TPSA) is 9.23 Å². The lowest BCUT2D eigenvalue weighted by Gasteiger charge is -2.30. The van der Waals surface area contributed by atoms with Crippen molar-refractivity contribution in [1.29, 1.82) is 0 Å². The van der Waals surface area contributed by atoms with Gasteiger partial charge in [0.2, 0.25) is 0 Å². The summed E-state index contributed by atoms with van der Waals surface area (Å²) in [4.78, 5) is 0. The van der Waals surface area contributed by atoms with Gasteiger partial charge in [-0.3, -0.25) is 0 Å². The Bertz CT molecular complexity index is 471. The first-order valence-electron chi connectivity index (χ1n) is 6.93. The molecule has 0 N–H and O–H groups in total. The van der Waals surface area contributed by atoms with E-state index in [2.05, 4.69) is 34.3 Å². The highest BCUT2D eigenvalue weighted by Gasteiger charge is 2.24. The molecule has 1 aromatic carbocycles. The van der Waals surface area contributed by atoms with Crippen LogP contribution >= 0.6 is 0 Å². The maximum atomic E-state index is 6.23. The van der Waals surface area contributed by atoms with Gasteiger partial charge in [0.1, 0.15) is 5.75 Å². The Kier molecular flexibility index (Phi) is 3.79. The second-order valence-corrected chi connectivity index (χ2v) is 5.45. The van der Waals surface area contributed by atoms with Gasteiger partial charge in [-0.25, -0.2) is 0 Å². The molecule has 0 amide bonds. The minimum absolute atomic E-state index is 0.371. The molecule has 0 saturated carbocycles. The van der Waals surface area contributed by atoms with Gasteiger partial charge in [-0.1, -0.05) is 6.08 Å². The number of ether oxygens (including phenoxy) is 1. The van der Waals surface area contributed by atoms with Crippen LogP contribution in [-0.4, -0.2) is 6.10 Å². The summed E-state index contributed by atoms with van der Waals surface area (Å²) in [6, 6.07) is 0. The summed E-state index contributed by atoms with van der Waals surface area (Å²) >= 11 is 0. The van der Waals surface area contributed by atoms with Crippen LogP contribution in [0.4, 0.5) is 0 Å². The van der Waals surface area contributed by atoms with E-state index >= 15 is 0 Å². The van der Waals surface area contributed by atoms with Gasteiger partial charge in [0, 0.05) is 0 Å². The van der Waals surface area contributed by atoms with Crippen LogP contribution in [-0.2, 0) is 6.42 Å². The van der Waals surface area contributed by atoms with E-state index in [0.29, 0.717) is 6.10 Å². The van der Waals surface area contributed by atoms with E-state index in [1.165, 1.54) is 27.8 Å². The van der Waals surface area contributed by atoms with Gasteiger partial charge in [-0.15, -0.1) is 6.58 Å². The van der Waals surface area contributed by atoms with E-state index in [9.17, 15) is 0 Å². The van der Waals surface area contributed by atoms with E-state index in [4.69, 9.17) is 4.74 Å². The molecule has 0 bridgehead atoms. The second kappa shape index (κ2) is 5.17. The highest BCUT2D eigenvalue weighted by molar-refractivity contribution is 5.54. The molecule has 0 aromatic heterocycles. The van der Waals surface area contributed by atoms with Crippen molar-refractivity contribution in [3.63, 3.8) is 0 Å². The zero-order chi connectivity index (χ0) is 13.3. The highest BCUT2D eigenvalue weighted by Crippen LogP contribution is 2.38. The van der Waals surface area contributed by atoms with Crippen molar-refractivity contribution in [1.82, 2.24) is 0 Å². The third-order valence-corrected chi connectivity index (χ3v) is 4.45. The van der Waals surface area contributed by atoms with E-state index in [-0.39, 0.29) is 0 Å². The molecule has 1 nitrogen and oxygen atoms in total. The van der Waals surface area contributed by atoms with Gasteiger partial charge < -0.3 is 4.74 Å². The quantitative estimate of drug-likeness (QED) is 0.707. The first-order valence-corrected chi connectivity index (χ1v) is 6.93. The molecule has 18 heavy (non-hydrogen) atoms. The first kappa shape index (κ1) is 13.2. The highest BCUT2D eigenvalue weighted by atomic mass is 16.5. The molecular formula is C17H24O. The van der Waals surface area contributed by atoms with Crippen molar-refractivity contribution >= 4 is 0 Å². The molecule has 0 saturated heterocycles. The monoisotopic (exact) mass is 244 g/mol. The molecule has 0 radical (unpaired) electrons. The predicted octanol–water partition coefficient (Wildman–Crippen LogP) is 4.58. The van der Waals surface area contributed by atoms with Crippen LogP contribution in [0.15, 0.2) is 12.7 Å². The van der Waals surface area contributed by atoms with Crippen LogP contribution in [0.3, 0.4) is 0 Å². The van der Waals surface area contributed by atoms with Crippen LogP contribution in [0, 0.1) is 27.7 Å².